The second kappa shape index (κ2) is 20.2. The molecule has 14 heteroatoms. The summed E-state index contributed by atoms with van der Waals surface area (Å²) in [6, 6.07) is 6.65. The molecular weight excluding hydrogens is 661 g/mol. The highest BCUT2D eigenvalue weighted by molar-refractivity contribution is 7.89. The van der Waals surface area contributed by atoms with Gasteiger partial charge >= 0.3 is 6.18 Å². The zero-order valence-electron chi connectivity index (χ0n) is 29.2. The maximum Gasteiger partial charge on any atom is 0.401 e. The molecule has 0 heterocycles. The molecule has 2 unspecified atom stereocenters. The average molecular weight is 717 g/mol. The van der Waals surface area contributed by atoms with Gasteiger partial charge in [-0.25, -0.2) is 12.7 Å². The summed E-state index contributed by atoms with van der Waals surface area (Å²) in [4.78, 5) is 28.4. The summed E-state index contributed by atoms with van der Waals surface area (Å²) < 4.78 is 66.0. The number of carbonyl (C=O) groups is 2. The number of nitrogens with zero attached hydrogens (tertiary/aromatic N) is 2. The molecule has 49 heavy (non-hydrogen) atoms. The lowest BCUT2D eigenvalue weighted by Gasteiger charge is -2.33. The molecule has 0 saturated heterocycles. The third kappa shape index (κ3) is 15.8. The third-order valence-electron chi connectivity index (χ3n) is 8.94. The minimum Gasteiger partial charge on any atom is -0.390 e. The van der Waals surface area contributed by atoms with Gasteiger partial charge in [-0.15, -0.1) is 12.3 Å². The lowest BCUT2D eigenvalue weighted by Crippen LogP contribution is -2.56. The monoisotopic (exact) mass is 716 g/mol. The van der Waals surface area contributed by atoms with Crippen molar-refractivity contribution in [3.63, 3.8) is 0 Å². The molecule has 1 saturated carbocycles. The van der Waals surface area contributed by atoms with Crippen LogP contribution in [0.15, 0.2) is 30.3 Å². The van der Waals surface area contributed by atoms with Gasteiger partial charge in [-0.3, -0.25) is 14.5 Å². The van der Waals surface area contributed by atoms with E-state index in [1.165, 1.54) is 14.1 Å². The van der Waals surface area contributed by atoms with Crippen LogP contribution in [0.5, 0.6) is 0 Å². The van der Waals surface area contributed by atoms with E-state index in [0.29, 0.717) is 18.4 Å². The first-order valence-electron chi connectivity index (χ1n) is 17.0. The molecule has 2 rings (SSSR count). The second-order valence-electron chi connectivity index (χ2n) is 13.9. The summed E-state index contributed by atoms with van der Waals surface area (Å²) in [5.41, 5.74) is 0.665. The van der Waals surface area contributed by atoms with E-state index < -0.39 is 70.5 Å². The predicted octanol–water partition coefficient (Wildman–Crippen LogP) is 3.33. The molecule has 1 aromatic carbocycles. The zero-order valence-corrected chi connectivity index (χ0v) is 30.0. The van der Waals surface area contributed by atoms with Gasteiger partial charge in [0.05, 0.1) is 30.4 Å². The highest BCUT2D eigenvalue weighted by Crippen LogP contribution is 2.29. The number of sulfonamides is 1. The van der Waals surface area contributed by atoms with Gasteiger partial charge in [-0.2, -0.15) is 13.2 Å². The van der Waals surface area contributed by atoms with Gasteiger partial charge in [-0.05, 0) is 43.7 Å². The van der Waals surface area contributed by atoms with Crippen LogP contribution in [0.25, 0.3) is 0 Å². The summed E-state index contributed by atoms with van der Waals surface area (Å²) in [7, 11) is -1.66. The fourth-order valence-electron chi connectivity index (χ4n) is 6.20. The van der Waals surface area contributed by atoms with Crippen molar-refractivity contribution in [2.75, 3.05) is 39.5 Å². The van der Waals surface area contributed by atoms with Crippen LogP contribution in [-0.4, -0.2) is 110 Å². The van der Waals surface area contributed by atoms with Crippen LogP contribution < -0.4 is 10.6 Å². The van der Waals surface area contributed by atoms with Crippen molar-refractivity contribution >= 4 is 21.8 Å². The van der Waals surface area contributed by atoms with Crippen molar-refractivity contribution in [1.29, 1.82) is 0 Å². The Hall–Kier alpha value is -2.70. The summed E-state index contributed by atoms with van der Waals surface area (Å²) in [6.45, 7) is 2.21. The zero-order chi connectivity index (χ0) is 36.8. The Labute approximate surface area is 290 Å². The molecule has 0 aromatic heterocycles. The maximum atomic E-state index is 13.8. The Morgan fingerprint density at radius 1 is 1.02 bits per heavy atom. The fraction of sp³-hybridized carbons (Fsp3) is 0.714. The van der Waals surface area contributed by atoms with Crippen LogP contribution in [0.4, 0.5) is 13.2 Å². The Morgan fingerprint density at radius 3 is 2.22 bits per heavy atom. The van der Waals surface area contributed by atoms with E-state index in [-0.39, 0.29) is 37.8 Å². The lowest BCUT2D eigenvalue weighted by atomic mass is 9.82. The summed E-state index contributed by atoms with van der Waals surface area (Å²) in [6.07, 6.45) is 4.43. The molecule has 0 aliphatic heterocycles. The molecule has 1 aliphatic carbocycles. The molecule has 2 amide bonds. The minimum absolute atomic E-state index is 0.00251. The number of terminal acetylenes is 1. The van der Waals surface area contributed by atoms with Crippen LogP contribution in [0.2, 0.25) is 0 Å². The highest BCUT2D eigenvalue weighted by Gasteiger charge is 2.35. The first-order chi connectivity index (χ1) is 22.9. The normalized spacial score (nSPS) is 17.7. The second-order valence-corrected chi connectivity index (χ2v) is 16.0. The number of benzene rings is 1. The van der Waals surface area contributed by atoms with Crippen LogP contribution in [0, 0.1) is 30.1 Å². The van der Waals surface area contributed by atoms with Gasteiger partial charge in [-0.1, -0.05) is 76.3 Å². The first-order valence-corrected chi connectivity index (χ1v) is 18.7. The SMILES string of the molecule is C#CC[C@H](NC(=O)C(Cc1ccccc1)CS(=O)(=O)N(C)CCN(C)CC(F)(F)F)C(=O)NC(CC1CCCCC1)[C@@H](O)[C@@H](O)CC(C)C. The standard InChI is InChI=1S/C35H55F3N4O6S/c1-6-13-29(34(46)40-30(22-27-16-11-8-12-17-27)32(44)31(43)20-25(2)3)39-33(45)28(21-26-14-9-7-10-15-26)23-49(47,48)42(5)19-18-41(4)24-35(36,37)38/h1,7,9-10,14-15,25,27-32,43-44H,8,11-13,16-24H2,2-5H3,(H,39,45)(H,40,46)/t28?,29-,30?,31-,32+/m0/s1. The van der Waals surface area contributed by atoms with Crippen molar-refractivity contribution in [1.82, 2.24) is 19.8 Å². The van der Waals surface area contributed by atoms with E-state index in [1.807, 2.05) is 13.8 Å². The van der Waals surface area contributed by atoms with Gasteiger partial charge in [0, 0.05) is 26.6 Å². The lowest BCUT2D eigenvalue weighted by molar-refractivity contribution is -0.143. The quantitative estimate of drug-likeness (QED) is 0.152. The average Bonchev–Trinajstić information content (AvgIpc) is 3.02. The van der Waals surface area contributed by atoms with Crippen molar-refractivity contribution in [2.45, 2.75) is 102 Å². The topological polar surface area (TPSA) is 139 Å². The van der Waals surface area contributed by atoms with Gasteiger partial charge in [0.2, 0.25) is 21.8 Å². The van der Waals surface area contributed by atoms with Crippen LogP contribution in [0.1, 0.15) is 70.8 Å². The number of alkyl halides is 3. The van der Waals surface area contributed by atoms with E-state index in [1.54, 1.807) is 30.3 Å². The van der Waals surface area contributed by atoms with E-state index in [4.69, 9.17) is 6.42 Å². The molecule has 0 radical (unpaired) electrons. The molecule has 1 fully saturated rings. The number of rotatable bonds is 20. The van der Waals surface area contributed by atoms with E-state index in [9.17, 15) is 41.4 Å². The molecular formula is C35H55F3N4O6S. The number of halogens is 3. The van der Waals surface area contributed by atoms with Crippen molar-refractivity contribution < 1.29 is 41.4 Å². The summed E-state index contributed by atoms with van der Waals surface area (Å²) in [5.74, 6) is -0.510. The number of hydrogen-bond acceptors (Lipinski definition) is 7. The Kier molecular flexibility index (Phi) is 17.5. The third-order valence-corrected chi connectivity index (χ3v) is 10.9. The number of aliphatic hydroxyl groups is 2. The van der Waals surface area contributed by atoms with Crippen LogP contribution >= 0.6 is 0 Å². The fourth-order valence-corrected chi connectivity index (χ4v) is 7.59. The number of likely N-dealkylation sites (N-methyl/N-ethyl adjacent to an activating group) is 2. The highest BCUT2D eigenvalue weighted by atomic mass is 32.2. The number of nitrogens with one attached hydrogen (secondary N) is 2. The minimum atomic E-state index is -4.44. The summed E-state index contributed by atoms with van der Waals surface area (Å²) >= 11 is 0. The van der Waals surface area contributed by atoms with E-state index in [0.717, 1.165) is 41.3 Å². The maximum absolute atomic E-state index is 13.8. The predicted molar refractivity (Wildman–Crippen MR) is 184 cm³/mol. The number of amides is 2. The van der Waals surface area contributed by atoms with Gasteiger partial charge < -0.3 is 20.8 Å². The van der Waals surface area contributed by atoms with E-state index in [2.05, 4.69) is 16.6 Å². The number of carbonyl (C=O) groups excluding carboxylic acids is 2. The van der Waals surface area contributed by atoms with Gasteiger partial charge in [0.1, 0.15) is 12.1 Å². The number of hydrogen-bond donors (Lipinski definition) is 4. The van der Waals surface area contributed by atoms with Crippen molar-refractivity contribution in [3.8, 4) is 12.3 Å². The van der Waals surface area contributed by atoms with Gasteiger partial charge in [0.25, 0.3) is 0 Å². The first kappa shape index (κ1) is 42.5. The van der Waals surface area contributed by atoms with Crippen LogP contribution in [-0.2, 0) is 26.0 Å². The Morgan fingerprint density at radius 2 is 1.65 bits per heavy atom. The molecule has 4 N–H and O–H groups in total. The smallest absolute Gasteiger partial charge is 0.390 e. The molecule has 1 aromatic rings. The molecule has 0 spiro atoms. The Balaban J connectivity index is 2.25. The molecule has 5 atom stereocenters. The molecule has 278 valence electrons. The number of aliphatic hydroxyl groups excluding tert-OH is 2. The Bertz CT molecular complexity index is 1300. The van der Waals surface area contributed by atoms with Crippen molar-refractivity contribution in [3.05, 3.63) is 35.9 Å². The largest absolute Gasteiger partial charge is 0.401 e. The molecule has 0 bridgehead atoms. The van der Waals surface area contributed by atoms with Gasteiger partial charge in [0.15, 0.2) is 0 Å². The molecule has 1 aliphatic rings. The molecule has 10 nitrogen and oxygen atoms in total. The van der Waals surface area contributed by atoms with Crippen molar-refractivity contribution in [2.24, 2.45) is 17.8 Å². The summed E-state index contributed by atoms with van der Waals surface area (Å²) in [5, 5.41) is 27.4. The van der Waals surface area contributed by atoms with E-state index >= 15 is 0 Å². The van der Waals surface area contributed by atoms with Crippen LogP contribution in [0.3, 0.4) is 0 Å².